The van der Waals surface area contributed by atoms with Crippen molar-refractivity contribution in [2.45, 2.75) is 59.2 Å². The Bertz CT molecular complexity index is 3880. The van der Waals surface area contributed by atoms with Crippen LogP contribution in [0.5, 0.6) is 11.5 Å². The third-order valence-corrected chi connectivity index (χ3v) is 12.6. The molecular weight excluding hydrogens is 1020 g/mol. The molecule has 0 saturated heterocycles. The number of fused-ring (bicyclic) bond motifs is 4. The third kappa shape index (κ3) is 8.55. The van der Waals surface area contributed by atoms with Crippen LogP contribution in [0.1, 0.15) is 67.8 Å². The molecular formula is C63H53N4OPt-3. The van der Waals surface area contributed by atoms with E-state index in [-0.39, 0.29) is 61.8 Å². The summed E-state index contributed by atoms with van der Waals surface area (Å²) < 4.78 is 72.8. The Morgan fingerprint density at radius 3 is 2.12 bits per heavy atom. The molecule has 0 fully saturated rings. The maximum atomic E-state index is 9.74. The van der Waals surface area contributed by atoms with Crippen LogP contribution in [0.3, 0.4) is 0 Å². The second kappa shape index (κ2) is 18.0. The minimum absolute atomic E-state index is 0. The van der Waals surface area contributed by atoms with Crippen LogP contribution in [0.25, 0.3) is 61.0 Å². The second-order valence-corrected chi connectivity index (χ2v) is 19.3. The molecule has 0 bridgehead atoms. The smallest absolute Gasteiger partial charge is 0.135 e. The van der Waals surface area contributed by atoms with Crippen molar-refractivity contribution in [3.8, 4) is 50.7 Å². The van der Waals surface area contributed by atoms with E-state index in [1.165, 1.54) is 0 Å². The van der Waals surface area contributed by atoms with E-state index in [4.69, 9.17) is 16.6 Å². The van der Waals surface area contributed by atoms with Crippen LogP contribution < -0.4 is 14.5 Å². The largest absolute Gasteiger partial charge is 0.509 e. The maximum Gasteiger partial charge on any atom is 0.135 e. The first-order valence-electron chi connectivity index (χ1n) is 26.4. The summed E-state index contributed by atoms with van der Waals surface area (Å²) in [4.78, 5) is 8.79. The van der Waals surface area contributed by atoms with Crippen LogP contribution in [0.2, 0.25) is 0 Å². The number of hydrogen-bond acceptors (Lipinski definition) is 4. The van der Waals surface area contributed by atoms with Crippen LogP contribution in [0.4, 0.5) is 22.7 Å². The molecule has 1 aliphatic rings. The molecule has 69 heavy (non-hydrogen) atoms. The van der Waals surface area contributed by atoms with Crippen molar-refractivity contribution in [2.75, 3.05) is 9.80 Å². The van der Waals surface area contributed by atoms with Gasteiger partial charge in [-0.15, -0.1) is 48.1 Å². The predicted octanol–water partition coefficient (Wildman–Crippen LogP) is 16.9. The van der Waals surface area contributed by atoms with Gasteiger partial charge in [-0.2, -0.15) is 12.1 Å². The molecule has 6 heteroatoms. The van der Waals surface area contributed by atoms with Crippen LogP contribution in [-0.4, -0.2) is 9.55 Å². The topological polar surface area (TPSA) is 33.5 Å². The van der Waals surface area contributed by atoms with Gasteiger partial charge in [0.05, 0.1) is 5.48 Å². The molecule has 8 aromatic carbocycles. The predicted molar refractivity (Wildman–Crippen MR) is 283 cm³/mol. The van der Waals surface area contributed by atoms with Gasteiger partial charge in [-0.25, -0.2) is 4.98 Å². The summed E-state index contributed by atoms with van der Waals surface area (Å²) in [6.07, 6.45) is 1.86. The Kier molecular flexibility index (Phi) is 9.86. The molecule has 3 heterocycles. The van der Waals surface area contributed by atoms with Gasteiger partial charge < -0.3 is 19.1 Å². The summed E-state index contributed by atoms with van der Waals surface area (Å²) in [6.45, 7) is 11.6. The van der Waals surface area contributed by atoms with Crippen molar-refractivity contribution in [2.24, 2.45) is 0 Å². The van der Waals surface area contributed by atoms with Crippen LogP contribution in [0, 0.1) is 25.7 Å². The van der Waals surface area contributed by atoms with Crippen molar-refractivity contribution in [1.82, 2.24) is 9.55 Å². The summed E-state index contributed by atoms with van der Waals surface area (Å²) in [5, 5.41) is 2.09. The van der Waals surface area contributed by atoms with Crippen LogP contribution in [0.15, 0.2) is 188 Å². The van der Waals surface area contributed by atoms with E-state index in [2.05, 4.69) is 67.8 Å². The van der Waals surface area contributed by atoms with Gasteiger partial charge in [-0.1, -0.05) is 168 Å². The number of rotatable bonds is 8. The van der Waals surface area contributed by atoms with Gasteiger partial charge in [0.25, 0.3) is 0 Å². The molecule has 344 valence electrons. The fourth-order valence-corrected chi connectivity index (χ4v) is 9.08. The van der Waals surface area contributed by atoms with Gasteiger partial charge in [0.2, 0.25) is 0 Å². The Morgan fingerprint density at radius 1 is 0.594 bits per heavy atom. The summed E-state index contributed by atoms with van der Waals surface area (Å²) in [5.74, 6) is 1.71. The van der Waals surface area contributed by atoms with Gasteiger partial charge in [0.15, 0.2) is 0 Å². The molecule has 11 rings (SSSR count). The van der Waals surface area contributed by atoms with Crippen LogP contribution >= 0.6 is 0 Å². The normalized spacial score (nSPS) is 14.3. The fraction of sp³-hybridized carbons (Fsp3) is 0.143. The molecule has 1 aliphatic heterocycles. The fourth-order valence-electron chi connectivity index (χ4n) is 9.08. The molecule has 2 aromatic heterocycles. The van der Waals surface area contributed by atoms with Crippen molar-refractivity contribution in [3.63, 3.8) is 0 Å². The number of hydrogen-bond donors (Lipinski definition) is 0. The zero-order chi connectivity index (χ0) is 52.7. The molecule has 0 spiro atoms. The maximum absolute atomic E-state index is 9.74. The summed E-state index contributed by atoms with van der Waals surface area (Å²) in [5.41, 5.74) is 8.51. The molecule has 0 atom stereocenters. The minimum Gasteiger partial charge on any atom is -0.509 e. The average Bonchev–Trinajstić information content (AvgIpc) is 3.94. The van der Waals surface area contributed by atoms with Gasteiger partial charge in [-0.05, 0) is 92.3 Å². The summed E-state index contributed by atoms with van der Waals surface area (Å²) in [7, 11) is 0. The third-order valence-electron chi connectivity index (χ3n) is 12.6. The molecule has 0 aliphatic carbocycles. The van der Waals surface area contributed by atoms with E-state index in [1.807, 2.05) is 159 Å². The molecule has 0 N–H and O–H groups in total. The molecule has 10 aromatic rings. The Labute approximate surface area is 430 Å². The van der Waals surface area contributed by atoms with E-state index in [9.17, 15) is 2.74 Å². The minimum atomic E-state index is -2.55. The van der Waals surface area contributed by atoms with Gasteiger partial charge in [-0.3, -0.25) is 0 Å². The monoisotopic (exact) mass is 1080 g/mol. The van der Waals surface area contributed by atoms with Crippen molar-refractivity contribution < 1.29 is 35.4 Å². The van der Waals surface area contributed by atoms with E-state index in [0.717, 1.165) is 55.7 Å². The zero-order valence-electron chi connectivity index (χ0n) is 46.2. The zero-order valence-corrected chi connectivity index (χ0v) is 41.5. The number of ether oxygens (including phenoxy) is 1. The quantitative estimate of drug-likeness (QED) is 0.142. The summed E-state index contributed by atoms with van der Waals surface area (Å²) in [6, 6.07) is 56.9. The van der Waals surface area contributed by atoms with Crippen molar-refractivity contribution in [3.05, 3.63) is 224 Å². The average molecular weight is 1080 g/mol. The molecule has 0 unspecified atom stereocenters. The van der Waals surface area contributed by atoms with Gasteiger partial charge in [0, 0.05) is 76.6 Å². The Hall–Kier alpha value is -7.20. The van der Waals surface area contributed by atoms with E-state index in [0.29, 0.717) is 45.1 Å². The first-order chi connectivity index (χ1) is 35.8. The molecule has 0 amide bonds. The van der Waals surface area contributed by atoms with Crippen molar-refractivity contribution >= 4 is 44.6 Å². The number of aryl methyl sites for hydroxylation is 1. The number of benzene rings is 8. The SMILES string of the molecule is [2H]c1c([2H])c(-c2cccc(-c3ccc(-c4ccccc4)cc3C([2H])([2H])[2H])c2N2[CH-]N(c3[c-]c(Oc4[c-]c5c(cc4)c4ccccc4n5-c4cc(C(C)(C)C)ccn4)ccc3)c3ccccc32)c([2H])c(C(C)(C)C)c1[2H].[Pt]. The first kappa shape index (κ1) is 37.7. The van der Waals surface area contributed by atoms with Gasteiger partial charge in [0.1, 0.15) is 5.82 Å². The number of nitrogens with zero attached hydrogens (tertiary/aromatic N) is 4. The van der Waals surface area contributed by atoms with E-state index >= 15 is 0 Å². The van der Waals surface area contributed by atoms with Gasteiger partial charge >= 0.3 is 0 Å². The molecule has 5 nitrogen and oxygen atoms in total. The first-order valence-corrected chi connectivity index (χ1v) is 22.9. The van der Waals surface area contributed by atoms with E-state index < -0.39 is 12.3 Å². The standard InChI is InChI=1S/C63H53N4O.Pt/c1-42-36-44(43-18-9-8-10-19-43)30-32-51(42)55-26-17-25-52(45-20-15-21-46(37-45)62(2,3)4)61(55)66-41-65(57-28-13-14-29-58(57)66)48-22-16-23-49(39-48)68-50-31-33-54-53-24-11-12-27-56(53)67(59(54)40-50)60-38-47(34-35-64-60)63(5,6)7;/h8-38,41H,1-7H3;/q-3;/i1D3,15D,20D,21D,37D;. The number of para-hydroxylation sites is 4. The van der Waals surface area contributed by atoms with E-state index in [1.54, 1.807) is 12.1 Å². The molecule has 0 radical (unpaired) electrons. The summed E-state index contributed by atoms with van der Waals surface area (Å²) >= 11 is 0. The number of aromatic nitrogens is 2. The second-order valence-electron chi connectivity index (χ2n) is 19.3. The number of anilines is 4. The molecule has 0 saturated carbocycles. The number of pyridine rings is 1. The van der Waals surface area contributed by atoms with Crippen molar-refractivity contribution in [1.29, 1.82) is 0 Å². The Morgan fingerprint density at radius 2 is 1.32 bits per heavy atom. The van der Waals surface area contributed by atoms with Crippen LogP contribution in [-0.2, 0) is 31.9 Å². The Balaban J connectivity index is 0.00000657.